The van der Waals surface area contributed by atoms with Crippen LogP contribution in [0.5, 0.6) is 5.75 Å². The molecule has 29 heavy (non-hydrogen) atoms. The molecule has 3 fully saturated rings. The normalized spacial score (nSPS) is 25.4. The van der Waals surface area contributed by atoms with Gasteiger partial charge in [-0.25, -0.2) is 4.79 Å². The quantitative estimate of drug-likeness (QED) is 0.569. The zero-order valence-electron chi connectivity index (χ0n) is 18.0. The number of ether oxygens (including phenoxy) is 2. The molecule has 1 aromatic carbocycles. The molecular formula is C24H31NO4. The molecule has 0 spiro atoms. The summed E-state index contributed by atoms with van der Waals surface area (Å²) in [6, 6.07) is 3.71. The van der Waals surface area contributed by atoms with Crippen LogP contribution < -0.4 is 4.74 Å². The fraction of sp³-hybridized carbons (Fsp3) is 0.583. The number of carbonyl (C=O) groups is 2. The Kier molecular flexibility index (Phi) is 5.06. The van der Waals surface area contributed by atoms with Gasteiger partial charge in [-0.1, -0.05) is 6.08 Å². The third-order valence-corrected chi connectivity index (χ3v) is 6.61. The number of benzene rings is 1. The molecule has 3 aliphatic heterocycles. The van der Waals surface area contributed by atoms with Crippen molar-refractivity contribution in [3.63, 3.8) is 0 Å². The van der Waals surface area contributed by atoms with E-state index in [1.54, 1.807) is 0 Å². The SMILES string of the molecule is Cc1cc(OC(=O)C(C)(C)C)cc2c1C(C(=O)OCC13CCN(CC1)CC3)=CC2. The minimum atomic E-state index is -0.561. The number of aryl methyl sites for hydroxylation is 1. The van der Waals surface area contributed by atoms with Gasteiger partial charge >= 0.3 is 11.9 Å². The highest BCUT2D eigenvalue weighted by molar-refractivity contribution is 6.18. The van der Waals surface area contributed by atoms with Gasteiger partial charge in [0.1, 0.15) is 5.75 Å². The minimum absolute atomic E-state index is 0.173. The van der Waals surface area contributed by atoms with Crippen molar-refractivity contribution in [3.05, 3.63) is 34.9 Å². The minimum Gasteiger partial charge on any atom is -0.461 e. The van der Waals surface area contributed by atoms with Crippen molar-refractivity contribution < 1.29 is 19.1 Å². The smallest absolute Gasteiger partial charge is 0.338 e. The molecule has 1 aromatic rings. The maximum absolute atomic E-state index is 12.9. The molecule has 2 bridgehead atoms. The number of nitrogens with zero attached hydrogens (tertiary/aromatic N) is 1. The molecule has 0 unspecified atom stereocenters. The van der Waals surface area contributed by atoms with Gasteiger partial charge in [0, 0.05) is 5.41 Å². The summed E-state index contributed by atoms with van der Waals surface area (Å²) < 4.78 is 11.4. The van der Waals surface area contributed by atoms with Crippen LogP contribution in [0, 0.1) is 17.8 Å². The van der Waals surface area contributed by atoms with E-state index in [1.807, 2.05) is 45.9 Å². The van der Waals surface area contributed by atoms with Gasteiger partial charge in [-0.05, 0) is 102 Å². The van der Waals surface area contributed by atoms with Crippen molar-refractivity contribution >= 4 is 17.5 Å². The third-order valence-electron chi connectivity index (χ3n) is 6.61. The second kappa shape index (κ2) is 7.28. The molecule has 3 heterocycles. The number of allylic oxidation sites excluding steroid dienone is 1. The first-order valence-electron chi connectivity index (χ1n) is 10.6. The van der Waals surface area contributed by atoms with E-state index in [1.165, 1.54) is 0 Å². The molecule has 0 amide bonds. The van der Waals surface area contributed by atoms with Crippen LogP contribution in [0.25, 0.3) is 5.57 Å². The van der Waals surface area contributed by atoms with E-state index >= 15 is 0 Å². The maximum atomic E-state index is 12.9. The molecule has 0 saturated carbocycles. The average Bonchev–Trinajstić information content (AvgIpc) is 3.11. The summed E-state index contributed by atoms with van der Waals surface area (Å²) in [7, 11) is 0. The first-order chi connectivity index (χ1) is 13.7. The fourth-order valence-electron chi connectivity index (χ4n) is 4.60. The Morgan fingerprint density at radius 1 is 1.10 bits per heavy atom. The summed E-state index contributed by atoms with van der Waals surface area (Å²) in [4.78, 5) is 27.6. The van der Waals surface area contributed by atoms with Crippen molar-refractivity contribution in [3.8, 4) is 5.75 Å². The van der Waals surface area contributed by atoms with E-state index in [2.05, 4.69) is 4.90 Å². The van der Waals surface area contributed by atoms with E-state index < -0.39 is 5.41 Å². The van der Waals surface area contributed by atoms with E-state index in [4.69, 9.17) is 9.47 Å². The van der Waals surface area contributed by atoms with Gasteiger partial charge in [0.2, 0.25) is 0 Å². The van der Waals surface area contributed by atoms with Gasteiger partial charge in [-0.3, -0.25) is 4.79 Å². The average molecular weight is 398 g/mol. The molecular weight excluding hydrogens is 366 g/mol. The van der Waals surface area contributed by atoms with Crippen LogP contribution in [-0.4, -0.2) is 43.1 Å². The Labute approximate surface area is 173 Å². The summed E-state index contributed by atoms with van der Waals surface area (Å²) in [5.41, 5.74) is 3.14. The number of esters is 2. The maximum Gasteiger partial charge on any atom is 0.338 e. The molecule has 4 aliphatic rings. The van der Waals surface area contributed by atoms with Crippen LogP contribution in [0.15, 0.2) is 18.2 Å². The van der Waals surface area contributed by atoms with Gasteiger partial charge in [0.25, 0.3) is 0 Å². The molecule has 0 aromatic heterocycles. The fourth-order valence-corrected chi connectivity index (χ4v) is 4.60. The molecule has 156 valence electrons. The lowest BCUT2D eigenvalue weighted by Crippen LogP contribution is -2.50. The van der Waals surface area contributed by atoms with E-state index in [0.29, 0.717) is 24.4 Å². The highest BCUT2D eigenvalue weighted by atomic mass is 16.5. The van der Waals surface area contributed by atoms with Gasteiger partial charge in [0.05, 0.1) is 17.6 Å². The molecule has 0 atom stereocenters. The monoisotopic (exact) mass is 397 g/mol. The van der Waals surface area contributed by atoms with Crippen LogP contribution in [0.1, 0.15) is 56.7 Å². The topological polar surface area (TPSA) is 55.8 Å². The molecule has 0 N–H and O–H groups in total. The summed E-state index contributed by atoms with van der Waals surface area (Å²) in [5, 5.41) is 0. The molecule has 3 saturated heterocycles. The second-order valence-electron chi connectivity index (χ2n) is 9.90. The number of rotatable bonds is 4. The molecule has 1 aliphatic carbocycles. The number of fused-ring (bicyclic) bond motifs is 4. The predicted octanol–water partition coefficient (Wildman–Crippen LogP) is 3.92. The first kappa shape index (κ1) is 20.1. The molecule has 5 rings (SSSR count). The van der Waals surface area contributed by atoms with Gasteiger partial charge < -0.3 is 14.4 Å². The Morgan fingerprint density at radius 2 is 1.76 bits per heavy atom. The van der Waals surface area contributed by atoms with E-state index in [0.717, 1.165) is 55.6 Å². The highest BCUT2D eigenvalue weighted by Crippen LogP contribution is 2.41. The largest absolute Gasteiger partial charge is 0.461 e. The van der Waals surface area contributed by atoms with E-state index in [9.17, 15) is 9.59 Å². The lowest BCUT2D eigenvalue weighted by molar-refractivity contribution is -0.144. The van der Waals surface area contributed by atoms with E-state index in [-0.39, 0.29) is 17.4 Å². The zero-order valence-corrected chi connectivity index (χ0v) is 18.0. The number of carbonyl (C=O) groups excluding carboxylic acids is 2. The Hall–Kier alpha value is -2.14. The summed E-state index contributed by atoms with van der Waals surface area (Å²) in [6.07, 6.45) is 5.96. The Balaban J connectivity index is 1.45. The van der Waals surface area contributed by atoms with Crippen LogP contribution >= 0.6 is 0 Å². The van der Waals surface area contributed by atoms with Crippen molar-refractivity contribution in [2.45, 2.75) is 53.4 Å². The second-order valence-corrected chi connectivity index (χ2v) is 9.90. The molecule has 0 radical (unpaired) electrons. The van der Waals surface area contributed by atoms with Crippen molar-refractivity contribution in [2.24, 2.45) is 10.8 Å². The van der Waals surface area contributed by atoms with Crippen LogP contribution in [0.4, 0.5) is 0 Å². The first-order valence-corrected chi connectivity index (χ1v) is 10.6. The van der Waals surface area contributed by atoms with Gasteiger partial charge in [-0.15, -0.1) is 0 Å². The Morgan fingerprint density at radius 3 is 2.38 bits per heavy atom. The lowest BCUT2D eigenvalue weighted by atomic mass is 9.73. The molecule has 5 nitrogen and oxygen atoms in total. The highest BCUT2D eigenvalue weighted by Gasteiger charge is 2.40. The Bertz CT molecular complexity index is 856. The van der Waals surface area contributed by atoms with Crippen LogP contribution in [0.3, 0.4) is 0 Å². The van der Waals surface area contributed by atoms with Crippen molar-refractivity contribution in [1.82, 2.24) is 4.90 Å². The molecule has 5 heteroatoms. The lowest BCUT2D eigenvalue weighted by Gasteiger charge is -2.47. The standard InChI is InChI=1S/C24H31NO4/c1-16-13-18(29-22(27)23(2,3)4)14-17-5-6-19(20(16)17)21(26)28-15-24-7-10-25(11-8-24)12-9-24/h6,13-14H,5,7-12,15H2,1-4H3. The number of hydrogen-bond acceptors (Lipinski definition) is 5. The van der Waals surface area contributed by atoms with Crippen molar-refractivity contribution in [2.75, 3.05) is 26.2 Å². The number of piperidine rings is 3. The predicted molar refractivity (Wildman–Crippen MR) is 112 cm³/mol. The third kappa shape index (κ3) is 3.97. The summed E-state index contributed by atoms with van der Waals surface area (Å²) in [6.45, 7) is 11.3. The summed E-state index contributed by atoms with van der Waals surface area (Å²) in [5.74, 6) is 0.0472. The van der Waals surface area contributed by atoms with Crippen LogP contribution in [0.2, 0.25) is 0 Å². The number of hydrogen-bond donors (Lipinski definition) is 0. The van der Waals surface area contributed by atoms with Crippen molar-refractivity contribution in [1.29, 1.82) is 0 Å². The van der Waals surface area contributed by atoms with Crippen LogP contribution in [-0.2, 0) is 20.7 Å². The zero-order chi connectivity index (χ0) is 20.8. The van der Waals surface area contributed by atoms with Gasteiger partial charge in [-0.2, -0.15) is 0 Å². The summed E-state index contributed by atoms with van der Waals surface area (Å²) >= 11 is 0. The van der Waals surface area contributed by atoms with Gasteiger partial charge in [0.15, 0.2) is 0 Å².